The molecule has 136 valence electrons. The van der Waals surface area contributed by atoms with Gasteiger partial charge in [0.1, 0.15) is 0 Å². The molecule has 0 aromatic rings. The maximum atomic E-state index is 12.4. The Morgan fingerprint density at radius 2 is 1.75 bits per heavy atom. The maximum absolute atomic E-state index is 12.4. The monoisotopic (exact) mass is 335 g/mol. The van der Waals surface area contributed by atoms with E-state index >= 15 is 0 Å². The summed E-state index contributed by atoms with van der Waals surface area (Å²) >= 11 is 0. The summed E-state index contributed by atoms with van der Waals surface area (Å²) in [6.07, 6.45) is 8.04. The van der Waals surface area contributed by atoms with Crippen LogP contribution >= 0.6 is 0 Å². The van der Waals surface area contributed by atoms with E-state index in [-0.39, 0.29) is 5.91 Å². The van der Waals surface area contributed by atoms with Crippen molar-refractivity contribution < 1.29 is 9.53 Å². The van der Waals surface area contributed by atoms with Crippen molar-refractivity contribution in [3.05, 3.63) is 0 Å². The first-order chi connectivity index (χ1) is 11.7. The summed E-state index contributed by atoms with van der Waals surface area (Å²) in [5.74, 6) is 1.84. The first kappa shape index (κ1) is 16.8. The third-order valence-corrected chi connectivity index (χ3v) is 6.30. The lowest BCUT2D eigenvalue weighted by atomic mass is 10.0. The zero-order chi connectivity index (χ0) is 16.5. The van der Waals surface area contributed by atoms with Crippen molar-refractivity contribution >= 4 is 5.91 Å². The van der Waals surface area contributed by atoms with Crippen molar-refractivity contribution in [3.8, 4) is 0 Å². The van der Waals surface area contributed by atoms with Gasteiger partial charge in [-0.25, -0.2) is 0 Å². The molecule has 2 saturated carbocycles. The second-order valence-corrected chi connectivity index (χ2v) is 8.45. The van der Waals surface area contributed by atoms with E-state index in [2.05, 4.69) is 22.0 Å². The Kier molecular flexibility index (Phi) is 5.11. The Morgan fingerprint density at radius 3 is 2.33 bits per heavy atom. The lowest BCUT2D eigenvalue weighted by Gasteiger charge is -2.41. The third-order valence-electron chi connectivity index (χ3n) is 6.30. The van der Waals surface area contributed by atoms with Crippen LogP contribution in [0.25, 0.3) is 0 Å². The predicted octanol–water partition coefficient (Wildman–Crippen LogP) is 1.48. The van der Waals surface area contributed by atoms with Crippen LogP contribution in [0, 0.1) is 11.8 Å². The number of morpholine rings is 1. The van der Waals surface area contributed by atoms with E-state index in [0.29, 0.717) is 24.7 Å². The fraction of sp³-hybridized carbons (Fsp3) is 0.947. The maximum Gasteiger partial charge on any atom is 0.234 e. The van der Waals surface area contributed by atoms with E-state index in [1.807, 2.05) is 0 Å². The van der Waals surface area contributed by atoms with Crippen molar-refractivity contribution in [2.75, 3.05) is 39.3 Å². The van der Waals surface area contributed by atoms with Crippen molar-refractivity contribution in [2.45, 2.75) is 63.6 Å². The second kappa shape index (κ2) is 7.30. The summed E-state index contributed by atoms with van der Waals surface area (Å²) in [5, 5.41) is 3.36. The molecular formula is C19H33N3O2. The molecule has 1 unspecified atom stereocenters. The van der Waals surface area contributed by atoms with Crippen LogP contribution in [0.15, 0.2) is 0 Å². The average molecular weight is 335 g/mol. The number of carbonyl (C=O) groups is 1. The van der Waals surface area contributed by atoms with Gasteiger partial charge in [-0.15, -0.1) is 0 Å². The van der Waals surface area contributed by atoms with Gasteiger partial charge in [0.05, 0.1) is 19.3 Å². The summed E-state index contributed by atoms with van der Waals surface area (Å²) in [6.45, 7) is 7.88. The molecule has 1 N–H and O–H groups in total. The molecule has 0 spiro atoms. The number of rotatable bonds is 6. The molecule has 1 atom stereocenters. The Balaban J connectivity index is 1.19. The van der Waals surface area contributed by atoms with Crippen molar-refractivity contribution in [2.24, 2.45) is 11.8 Å². The molecule has 0 aromatic carbocycles. The minimum Gasteiger partial charge on any atom is -0.376 e. The number of nitrogens with zero attached hydrogens (tertiary/aromatic N) is 2. The van der Waals surface area contributed by atoms with Crippen LogP contribution in [-0.4, -0.2) is 73.2 Å². The molecule has 4 rings (SSSR count). The first-order valence-electron chi connectivity index (χ1n) is 10.1. The van der Waals surface area contributed by atoms with Crippen LogP contribution in [-0.2, 0) is 9.53 Å². The van der Waals surface area contributed by atoms with E-state index in [1.165, 1.54) is 38.5 Å². The fourth-order valence-electron chi connectivity index (χ4n) is 4.59. The molecule has 1 amide bonds. The van der Waals surface area contributed by atoms with Crippen LogP contribution in [0.4, 0.5) is 0 Å². The van der Waals surface area contributed by atoms with E-state index in [9.17, 15) is 4.79 Å². The smallest absolute Gasteiger partial charge is 0.234 e. The molecule has 0 bridgehead atoms. The van der Waals surface area contributed by atoms with Gasteiger partial charge in [-0.1, -0.05) is 0 Å². The van der Waals surface area contributed by atoms with Gasteiger partial charge in [-0.2, -0.15) is 0 Å². The summed E-state index contributed by atoms with van der Waals surface area (Å²) in [5.41, 5.74) is 0. The van der Waals surface area contributed by atoms with Crippen LogP contribution in [0.3, 0.4) is 0 Å². The number of nitrogens with one attached hydrogen (secondary N) is 1. The van der Waals surface area contributed by atoms with Gasteiger partial charge in [0.15, 0.2) is 0 Å². The van der Waals surface area contributed by atoms with Crippen molar-refractivity contribution in [3.63, 3.8) is 0 Å². The molecule has 24 heavy (non-hydrogen) atoms. The highest BCUT2D eigenvalue weighted by Crippen LogP contribution is 2.44. The Labute approximate surface area is 146 Å². The van der Waals surface area contributed by atoms with Gasteiger partial charge in [-0.3, -0.25) is 14.6 Å². The zero-order valence-corrected chi connectivity index (χ0v) is 15.1. The fourth-order valence-corrected chi connectivity index (χ4v) is 4.59. The molecule has 4 aliphatic rings. The number of piperidine rings is 1. The molecule has 2 saturated heterocycles. The van der Waals surface area contributed by atoms with Gasteiger partial charge in [0.25, 0.3) is 0 Å². The molecule has 2 aliphatic heterocycles. The molecule has 4 fully saturated rings. The highest BCUT2D eigenvalue weighted by Gasteiger charge is 2.42. The topological polar surface area (TPSA) is 44.8 Å². The number of amides is 1. The molecule has 0 radical (unpaired) electrons. The van der Waals surface area contributed by atoms with E-state index in [4.69, 9.17) is 4.74 Å². The summed E-state index contributed by atoms with van der Waals surface area (Å²) in [6, 6.07) is 1.17. The largest absolute Gasteiger partial charge is 0.376 e. The van der Waals surface area contributed by atoms with Crippen LogP contribution < -0.4 is 5.32 Å². The highest BCUT2D eigenvalue weighted by molar-refractivity contribution is 5.78. The standard InChI is InChI=1S/C19H33N3O2/c1-14-12-22(10-11-24-14)17-6-8-21(9-7-17)13-18(23)20-19(15-2-3-15)16-4-5-16/h14-17,19H,2-13H2,1H3,(H,20,23). The lowest BCUT2D eigenvalue weighted by Crippen LogP contribution is -2.52. The Bertz CT molecular complexity index is 430. The molecule has 5 nitrogen and oxygen atoms in total. The Hall–Kier alpha value is -0.650. The second-order valence-electron chi connectivity index (χ2n) is 8.45. The number of hydrogen-bond acceptors (Lipinski definition) is 4. The summed E-state index contributed by atoms with van der Waals surface area (Å²) < 4.78 is 5.65. The summed E-state index contributed by atoms with van der Waals surface area (Å²) in [7, 11) is 0. The van der Waals surface area contributed by atoms with Crippen LogP contribution in [0.1, 0.15) is 45.4 Å². The van der Waals surface area contributed by atoms with Gasteiger partial charge in [0.2, 0.25) is 5.91 Å². The van der Waals surface area contributed by atoms with Gasteiger partial charge >= 0.3 is 0 Å². The normalized spacial score (nSPS) is 30.7. The Morgan fingerprint density at radius 1 is 1.08 bits per heavy atom. The van der Waals surface area contributed by atoms with Gasteiger partial charge in [-0.05, 0) is 57.3 Å². The molecule has 5 heteroatoms. The SMILES string of the molecule is CC1CN(C2CCN(CC(=O)NC(C3CC3)C3CC3)CC2)CCO1. The van der Waals surface area contributed by atoms with Gasteiger partial charge in [0, 0.05) is 38.3 Å². The molecule has 0 aromatic heterocycles. The molecule has 2 aliphatic carbocycles. The predicted molar refractivity (Wildman–Crippen MR) is 93.8 cm³/mol. The molecular weight excluding hydrogens is 302 g/mol. The van der Waals surface area contributed by atoms with Crippen molar-refractivity contribution in [1.29, 1.82) is 0 Å². The van der Waals surface area contributed by atoms with Gasteiger partial charge < -0.3 is 10.1 Å². The lowest BCUT2D eigenvalue weighted by molar-refractivity contribution is -0.123. The quantitative estimate of drug-likeness (QED) is 0.798. The van der Waals surface area contributed by atoms with Crippen LogP contribution in [0.2, 0.25) is 0 Å². The number of likely N-dealkylation sites (tertiary alicyclic amines) is 1. The van der Waals surface area contributed by atoms with Crippen molar-refractivity contribution in [1.82, 2.24) is 15.1 Å². The molecule has 2 heterocycles. The highest BCUT2D eigenvalue weighted by atomic mass is 16.5. The third kappa shape index (κ3) is 4.30. The number of ether oxygens (including phenoxy) is 1. The zero-order valence-electron chi connectivity index (χ0n) is 15.1. The van der Waals surface area contributed by atoms with E-state index in [0.717, 1.165) is 44.6 Å². The summed E-state index contributed by atoms with van der Waals surface area (Å²) in [4.78, 5) is 17.4. The van der Waals surface area contributed by atoms with Crippen LogP contribution in [0.5, 0.6) is 0 Å². The first-order valence-corrected chi connectivity index (χ1v) is 10.1. The minimum absolute atomic E-state index is 0.261. The van der Waals surface area contributed by atoms with E-state index in [1.54, 1.807) is 0 Å². The van der Waals surface area contributed by atoms with E-state index < -0.39 is 0 Å². The average Bonchev–Trinajstić information content (AvgIpc) is 3.47. The number of carbonyl (C=O) groups excluding carboxylic acids is 1. The minimum atomic E-state index is 0.261. The number of hydrogen-bond donors (Lipinski definition) is 1.